The molecule has 1 unspecified atom stereocenters. The minimum Gasteiger partial charge on any atom is -0.462 e. The molecule has 6 nitrogen and oxygen atoms in total. The van der Waals surface area contributed by atoms with Gasteiger partial charge >= 0.3 is 17.9 Å². The van der Waals surface area contributed by atoms with Crippen molar-refractivity contribution < 1.29 is 28.6 Å². The first-order valence-corrected chi connectivity index (χ1v) is 30.6. The Morgan fingerprint density at radius 2 is 0.542 bits per heavy atom. The topological polar surface area (TPSA) is 78.9 Å². The highest BCUT2D eigenvalue weighted by atomic mass is 16.6. The highest BCUT2D eigenvalue weighted by Crippen LogP contribution is 2.16. The van der Waals surface area contributed by atoms with Crippen molar-refractivity contribution in [3.8, 4) is 0 Å². The number of esters is 3. The number of ether oxygens (including phenoxy) is 3. The maximum atomic E-state index is 12.8. The van der Waals surface area contributed by atoms with Crippen molar-refractivity contribution in [3.05, 3.63) is 85.1 Å². The van der Waals surface area contributed by atoms with Gasteiger partial charge in [-0.05, 0) is 96.3 Å². The molecule has 0 saturated heterocycles. The summed E-state index contributed by atoms with van der Waals surface area (Å²) in [6, 6.07) is 0. The molecular weight excluding hydrogens is 889 g/mol. The molecular formula is C66H114O6. The van der Waals surface area contributed by atoms with Gasteiger partial charge in [0.1, 0.15) is 13.2 Å². The van der Waals surface area contributed by atoms with E-state index in [-0.39, 0.29) is 31.1 Å². The van der Waals surface area contributed by atoms with Gasteiger partial charge in [-0.1, -0.05) is 266 Å². The van der Waals surface area contributed by atoms with Crippen molar-refractivity contribution in [1.29, 1.82) is 0 Å². The highest BCUT2D eigenvalue weighted by molar-refractivity contribution is 5.71. The SMILES string of the molecule is CC/C=C\C/C=C\C/C=C\C/C=C\C/C=C\C/C=C\CCCCCCCCCCCCCCC(=O)OCC(COC(=O)CCCCCCCCCCCCC)OC(=O)CCCCCCC/C=C\CCCCC. The smallest absolute Gasteiger partial charge is 0.306 e. The molecule has 0 aromatic rings. The highest BCUT2D eigenvalue weighted by Gasteiger charge is 2.19. The number of carbonyl (C=O) groups is 3. The minimum atomic E-state index is -0.778. The standard InChI is InChI=1S/C66H114O6/c1-4-7-10-13-16-19-22-24-25-26-27-28-29-30-31-32-33-34-35-36-37-38-39-40-41-42-45-47-50-53-56-59-65(68)71-62-63(61-70-64(67)58-55-52-49-46-43-21-18-15-12-9-6-3)72-66(69)60-57-54-51-48-44-23-20-17-14-11-8-5-2/h7,10,16-17,19-20,24-25,27-28,30-31,33-34,63H,4-6,8-9,11-15,18,21-23,26,29,32,35-62H2,1-3H3/b10-7-,19-16-,20-17-,25-24-,28-27-,31-30-,34-33-. The third kappa shape index (κ3) is 57.5. The quantitative estimate of drug-likeness (QED) is 0.0261. The summed E-state index contributed by atoms with van der Waals surface area (Å²) in [7, 11) is 0. The Bertz CT molecular complexity index is 1380. The predicted molar refractivity (Wildman–Crippen MR) is 311 cm³/mol. The second-order valence-electron chi connectivity index (χ2n) is 20.2. The van der Waals surface area contributed by atoms with Crippen LogP contribution in [0.15, 0.2) is 85.1 Å². The molecule has 0 amide bonds. The van der Waals surface area contributed by atoms with Gasteiger partial charge in [-0.15, -0.1) is 0 Å². The molecule has 0 spiro atoms. The van der Waals surface area contributed by atoms with Crippen LogP contribution in [0.25, 0.3) is 0 Å². The van der Waals surface area contributed by atoms with Crippen LogP contribution in [0.1, 0.15) is 297 Å². The first-order chi connectivity index (χ1) is 35.5. The summed E-state index contributed by atoms with van der Waals surface area (Å²) in [4.78, 5) is 38.1. The summed E-state index contributed by atoms with van der Waals surface area (Å²) in [6.45, 7) is 6.50. The van der Waals surface area contributed by atoms with Crippen molar-refractivity contribution >= 4 is 17.9 Å². The van der Waals surface area contributed by atoms with Crippen LogP contribution in [0.5, 0.6) is 0 Å². The van der Waals surface area contributed by atoms with Crippen molar-refractivity contribution in [3.63, 3.8) is 0 Å². The molecule has 0 aliphatic rings. The third-order valence-corrected chi connectivity index (χ3v) is 13.1. The molecule has 0 N–H and O–H groups in total. The van der Waals surface area contributed by atoms with Crippen molar-refractivity contribution in [2.24, 2.45) is 0 Å². The van der Waals surface area contributed by atoms with Gasteiger partial charge in [0.05, 0.1) is 0 Å². The molecule has 414 valence electrons. The number of allylic oxidation sites excluding steroid dienone is 14. The van der Waals surface area contributed by atoms with E-state index in [2.05, 4.69) is 106 Å². The Morgan fingerprint density at radius 3 is 0.889 bits per heavy atom. The molecule has 0 aromatic carbocycles. The molecule has 0 aromatic heterocycles. The van der Waals surface area contributed by atoms with Gasteiger partial charge in [-0.2, -0.15) is 0 Å². The van der Waals surface area contributed by atoms with Gasteiger partial charge in [0, 0.05) is 19.3 Å². The minimum absolute atomic E-state index is 0.0765. The van der Waals surface area contributed by atoms with Crippen LogP contribution < -0.4 is 0 Å². The number of rotatable bonds is 55. The molecule has 1 atom stereocenters. The predicted octanol–water partition coefficient (Wildman–Crippen LogP) is 20.7. The van der Waals surface area contributed by atoms with Crippen molar-refractivity contribution in [1.82, 2.24) is 0 Å². The van der Waals surface area contributed by atoms with Gasteiger partial charge in [0.2, 0.25) is 0 Å². The summed E-state index contributed by atoms with van der Waals surface area (Å²) >= 11 is 0. The van der Waals surface area contributed by atoms with E-state index in [9.17, 15) is 14.4 Å². The second-order valence-corrected chi connectivity index (χ2v) is 20.2. The Morgan fingerprint density at radius 1 is 0.292 bits per heavy atom. The number of unbranched alkanes of at least 4 members (excludes halogenated alkanes) is 30. The summed E-state index contributed by atoms with van der Waals surface area (Å²) in [6.07, 6.45) is 78.8. The maximum absolute atomic E-state index is 12.8. The number of hydrogen-bond donors (Lipinski definition) is 0. The fraction of sp³-hybridized carbons (Fsp3) is 0.742. The average molecular weight is 1000 g/mol. The molecule has 6 heteroatoms. The van der Waals surface area contributed by atoms with E-state index in [1.54, 1.807) is 0 Å². The zero-order valence-electron chi connectivity index (χ0n) is 47.4. The average Bonchev–Trinajstić information content (AvgIpc) is 3.38. The van der Waals surface area contributed by atoms with Crippen LogP contribution in [0.4, 0.5) is 0 Å². The summed E-state index contributed by atoms with van der Waals surface area (Å²) in [5.74, 6) is -0.880. The van der Waals surface area contributed by atoms with Crippen LogP contribution in [-0.2, 0) is 28.6 Å². The van der Waals surface area contributed by atoms with Crippen LogP contribution in [0.3, 0.4) is 0 Å². The largest absolute Gasteiger partial charge is 0.462 e. The van der Waals surface area contributed by atoms with Gasteiger partial charge in [-0.25, -0.2) is 0 Å². The van der Waals surface area contributed by atoms with E-state index in [4.69, 9.17) is 14.2 Å². The first-order valence-electron chi connectivity index (χ1n) is 30.6. The summed E-state index contributed by atoms with van der Waals surface area (Å²) in [5, 5.41) is 0. The maximum Gasteiger partial charge on any atom is 0.306 e. The lowest BCUT2D eigenvalue weighted by Gasteiger charge is -2.18. The second kappa shape index (κ2) is 60.1. The monoisotopic (exact) mass is 1000 g/mol. The zero-order valence-corrected chi connectivity index (χ0v) is 47.4. The van der Waals surface area contributed by atoms with E-state index in [0.717, 1.165) is 109 Å². The molecule has 72 heavy (non-hydrogen) atoms. The lowest BCUT2D eigenvalue weighted by atomic mass is 10.0. The van der Waals surface area contributed by atoms with Crippen LogP contribution in [0, 0.1) is 0 Å². The van der Waals surface area contributed by atoms with E-state index < -0.39 is 6.10 Å². The first kappa shape index (κ1) is 68.6. The van der Waals surface area contributed by atoms with E-state index in [1.165, 1.54) is 148 Å². The zero-order chi connectivity index (χ0) is 52.2. The van der Waals surface area contributed by atoms with Gasteiger partial charge in [0.15, 0.2) is 6.10 Å². The Labute approximate surface area is 445 Å². The third-order valence-electron chi connectivity index (χ3n) is 13.1. The fourth-order valence-electron chi connectivity index (χ4n) is 8.56. The fourth-order valence-corrected chi connectivity index (χ4v) is 8.56. The van der Waals surface area contributed by atoms with E-state index in [0.29, 0.717) is 19.3 Å². The van der Waals surface area contributed by atoms with Crippen molar-refractivity contribution in [2.75, 3.05) is 13.2 Å². The van der Waals surface area contributed by atoms with Crippen molar-refractivity contribution in [2.45, 2.75) is 303 Å². The molecule has 0 fully saturated rings. The molecule has 0 aliphatic carbocycles. The van der Waals surface area contributed by atoms with E-state index in [1.807, 2.05) is 0 Å². The molecule has 0 heterocycles. The van der Waals surface area contributed by atoms with Crippen LogP contribution >= 0.6 is 0 Å². The van der Waals surface area contributed by atoms with Crippen LogP contribution in [-0.4, -0.2) is 37.2 Å². The molecule has 0 aliphatic heterocycles. The summed E-state index contributed by atoms with van der Waals surface area (Å²) < 4.78 is 16.8. The molecule has 0 bridgehead atoms. The van der Waals surface area contributed by atoms with Gasteiger partial charge in [0.25, 0.3) is 0 Å². The molecule has 0 rings (SSSR count). The summed E-state index contributed by atoms with van der Waals surface area (Å²) in [5.41, 5.74) is 0. The molecule has 0 saturated carbocycles. The Hall–Kier alpha value is -3.41. The van der Waals surface area contributed by atoms with Gasteiger partial charge < -0.3 is 14.2 Å². The van der Waals surface area contributed by atoms with E-state index >= 15 is 0 Å². The molecule has 0 radical (unpaired) electrons. The lowest BCUT2D eigenvalue weighted by Crippen LogP contribution is -2.30. The Kier molecular flexibility index (Phi) is 57.3. The number of carbonyl (C=O) groups excluding carboxylic acids is 3. The van der Waals surface area contributed by atoms with Gasteiger partial charge in [-0.3, -0.25) is 14.4 Å². The normalized spacial score (nSPS) is 12.7. The number of hydrogen-bond acceptors (Lipinski definition) is 6. The Balaban J connectivity index is 4.14. The lowest BCUT2D eigenvalue weighted by molar-refractivity contribution is -0.167. The van der Waals surface area contributed by atoms with Crippen LogP contribution in [0.2, 0.25) is 0 Å².